The van der Waals surface area contributed by atoms with Crippen LogP contribution in [0.25, 0.3) is 5.69 Å². The Morgan fingerprint density at radius 3 is 2.55 bits per heavy atom. The summed E-state index contributed by atoms with van der Waals surface area (Å²) >= 11 is 0. The number of hydrogen-bond acceptors (Lipinski definition) is 3. The highest BCUT2D eigenvalue weighted by Gasteiger charge is 2.19. The summed E-state index contributed by atoms with van der Waals surface area (Å²) in [5.41, 5.74) is 7.40. The van der Waals surface area contributed by atoms with Crippen LogP contribution in [0, 0.1) is 5.82 Å². The Kier molecular flexibility index (Phi) is 4.61. The lowest BCUT2D eigenvalue weighted by atomic mass is 10.1. The van der Waals surface area contributed by atoms with Crippen LogP contribution in [0.5, 0.6) is 0 Å². The number of carbonyl (C=O) groups excluding carboxylic acids is 1. The van der Waals surface area contributed by atoms with Crippen LogP contribution in [0.15, 0.2) is 30.5 Å². The van der Waals surface area contributed by atoms with E-state index in [0.717, 1.165) is 11.4 Å². The predicted molar refractivity (Wildman–Crippen MR) is 83.5 cm³/mol. The van der Waals surface area contributed by atoms with E-state index in [1.54, 1.807) is 16.8 Å². The zero-order valence-electron chi connectivity index (χ0n) is 13.1. The molecule has 1 aromatic carbocycles. The molecule has 0 unspecified atom stereocenters. The average Bonchev–Trinajstić information content (AvgIpc) is 2.88. The number of nitrogens with zero attached hydrogens (tertiary/aromatic N) is 2. The third-order valence-electron chi connectivity index (χ3n) is 3.22. The summed E-state index contributed by atoms with van der Waals surface area (Å²) < 4.78 is 14.7. The molecule has 2 rings (SSSR count). The number of amides is 1. The predicted octanol–water partition coefficient (Wildman–Crippen LogP) is 2.04. The number of nitrogens with two attached hydrogens (primary N) is 1. The number of hydrogen-bond donors (Lipinski definition) is 2. The molecule has 0 aliphatic heterocycles. The van der Waals surface area contributed by atoms with E-state index < -0.39 is 5.54 Å². The van der Waals surface area contributed by atoms with Gasteiger partial charge in [0.05, 0.1) is 23.1 Å². The van der Waals surface area contributed by atoms with E-state index >= 15 is 0 Å². The van der Waals surface area contributed by atoms with Gasteiger partial charge in [0.1, 0.15) is 5.82 Å². The summed E-state index contributed by atoms with van der Waals surface area (Å²) in [4.78, 5) is 12.3. The minimum absolute atomic E-state index is 0.205. The smallest absolute Gasteiger partial charge is 0.254 e. The first kappa shape index (κ1) is 16.2. The lowest BCUT2D eigenvalue weighted by molar-refractivity contribution is 0.0945. The molecule has 6 heteroatoms. The fourth-order valence-corrected chi connectivity index (χ4v) is 2.11. The summed E-state index contributed by atoms with van der Waals surface area (Å²) in [5, 5.41) is 7.06. The molecule has 0 fully saturated rings. The maximum absolute atomic E-state index is 13.0. The highest BCUT2D eigenvalue weighted by molar-refractivity contribution is 5.95. The molecule has 0 radical (unpaired) electrons. The van der Waals surface area contributed by atoms with Gasteiger partial charge in [-0.25, -0.2) is 9.07 Å². The van der Waals surface area contributed by atoms with Crippen LogP contribution in [-0.4, -0.2) is 27.8 Å². The Labute approximate surface area is 129 Å². The van der Waals surface area contributed by atoms with Gasteiger partial charge in [0.15, 0.2) is 0 Å². The summed E-state index contributed by atoms with van der Waals surface area (Å²) in [6.45, 7) is 6.00. The minimum atomic E-state index is -0.477. The van der Waals surface area contributed by atoms with Crippen molar-refractivity contribution in [3.05, 3.63) is 47.5 Å². The highest BCUT2D eigenvalue weighted by Crippen LogP contribution is 2.16. The molecule has 0 aliphatic rings. The first-order chi connectivity index (χ1) is 10.3. The van der Waals surface area contributed by atoms with E-state index in [2.05, 4.69) is 10.4 Å². The quantitative estimate of drug-likeness (QED) is 0.888. The number of aromatic nitrogens is 2. The number of halogens is 1. The van der Waals surface area contributed by atoms with E-state index in [1.807, 2.05) is 20.8 Å². The number of nitrogens with one attached hydrogen (secondary N) is 1. The molecule has 0 saturated heterocycles. The van der Waals surface area contributed by atoms with E-state index in [1.165, 1.54) is 18.3 Å². The van der Waals surface area contributed by atoms with Crippen LogP contribution in [0.4, 0.5) is 4.39 Å². The molecule has 0 spiro atoms. The van der Waals surface area contributed by atoms with Crippen LogP contribution >= 0.6 is 0 Å². The second-order valence-electron chi connectivity index (χ2n) is 5.92. The van der Waals surface area contributed by atoms with Gasteiger partial charge in [-0.15, -0.1) is 0 Å². The zero-order chi connectivity index (χ0) is 16.3. The second kappa shape index (κ2) is 6.27. The Balaban J connectivity index is 2.27. The topological polar surface area (TPSA) is 72.9 Å². The van der Waals surface area contributed by atoms with Gasteiger partial charge in [0, 0.05) is 12.1 Å². The van der Waals surface area contributed by atoms with E-state index in [4.69, 9.17) is 5.73 Å². The summed E-state index contributed by atoms with van der Waals surface area (Å²) in [5.74, 6) is -0.513. The Morgan fingerprint density at radius 1 is 1.36 bits per heavy atom. The van der Waals surface area contributed by atoms with Gasteiger partial charge in [-0.2, -0.15) is 5.10 Å². The van der Waals surface area contributed by atoms with Gasteiger partial charge in [-0.3, -0.25) is 4.79 Å². The molecule has 3 N–H and O–H groups in total. The van der Waals surface area contributed by atoms with Crippen molar-refractivity contribution >= 4 is 5.91 Å². The van der Waals surface area contributed by atoms with Gasteiger partial charge < -0.3 is 11.1 Å². The summed E-state index contributed by atoms with van der Waals surface area (Å²) in [6, 6.07) is 6.00. The van der Waals surface area contributed by atoms with Gasteiger partial charge in [-0.1, -0.05) is 6.92 Å². The Bertz CT molecular complexity index is 656. The van der Waals surface area contributed by atoms with Crippen molar-refractivity contribution in [1.29, 1.82) is 0 Å². The standard InChI is InChI=1S/C16H21FN4O/c1-4-14-13(15(22)19-10-16(2,3)18)9-20-21(14)12-7-5-11(17)6-8-12/h5-9H,4,10,18H2,1-3H3,(H,19,22). The van der Waals surface area contributed by atoms with E-state index in [-0.39, 0.29) is 11.7 Å². The average molecular weight is 304 g/mol. The van der Waals surface area contributed by atoms with Crippen LogP contribution in [0.1, 0.15) is 36.8 Å². The first-order valence-corrected chi connectivity index (χ1v) is 7.22. The molecule has 118 valence electrons. The van der Waals surface area contributed by atoms with Gasteiger partial charge >= 0.3 is 0 Å². The third-order valence-corrected chi connectivity index (χ3v) is 3.22. The van der Waals surface area contributed by atoms with Crippen LogP contribution in [0.2, 0.25) is 0 Å². The van der Waals surface area contributed by atoms with E-state index in [0.29, 0.717) is 18.5 Å². The number of carbonyl (C=O) groups is 1. The fourth-order valence-electron chi connectivity index (χ4n) is 2.11. The van der Waals surface area contributed by atoms with Crippen LogP contribution < -0.4 is 11.1 Å². The molecule has 5 nitrogen and oxygen atoms in total. The highest BCUT2D eigenvalue weighted by atomic mass is 19.1. The summed E-state index contributed by atoms with van der Waals surface area (Å²) in [6.07, 6.45) is 2.16. The fraction of sp³-hybridized carbons (Fsp3) is 0.375. The van der Waals surface area contributed by atoms with Crippen molar-refractivity contribution < 1.29 is 9.18 Å². The molecule has 0 atom stereocenters. The molecular weight excluding hydrogens is 283 g/mol. The molecule has 0 saturated carbocycles. The zero-order valence-corrected chi connectivity index (χ0v) is 13.1. The van der Waals surface area contributed by atoms with Crippen molar-refractivity contribution in [2.75, 3.05) is 6.54 Å². The maximum Gasteiger partial charge on any atom is 0.254 e. The molecule has 0 bridgehead atoms. The lowest BCUT2D eigenvalue weighted by Gasteiger charge is -2.18. The SMILES string of the molecule is CCc1c(C(=O)NCC(C)(C)N)cnn1-c1ccc(F)cc1. The first-order valence-electron chi connectivity index (χ1n) is 7.22. The van der Waals surface area contributed by atoms with Gasteiger partial charge in [0.25, 0.3) is 5.91 Å². The molecule has 1 aromatic heterocycles. The molecule has 1 heterocycles. The second-order valence-corrected chi connectivity index (χ2v) is 5.92. The maximum atomic E-state index is 13.0. The van der Waals surface area contributed by atoms with Crippen molar-refractivity contribution in [1.82, 2.24) is 15.1 Å². The third kappa shape index (κ3) is 3.71. The van der Waals surface area contributed by atoms with Crippen molar-refractivity contribution in [3.63, 3.8) is 0 Å². The largest absolute Gasteiger partial charge is 0.350 e. The van der Waals surface area contributed by atoms with Crippen molar-refractivity contribution in [3.8, 4) is 5.69 Å². The Hall–Kier alpha value is -2.21. The minimum Gasteiger partial charge on any atom is -0.350 e. The Morgan fingerprint density at radius 2 is 2.00 bits per heavy atom. The molecule has 1 amide bonds. The molecule has 2 aromatic rings. The molecular formula is C16H21FN4O. The lowest BCUT2D eigenvalue weighted by Crippen LogP contribution is -2.45. The molecule has 22 heavy (non-hydrogen) atoms. The normalized spacial score (nSPS) is 11.5. The van der Waals surface area contributed by atoms with Gasteiger partial charge in [-0.05, 0) is 44.5 Å². The van der Waals surface area contributed by atoms with Crippen molar-refractivity contribution in [2.45, 2.75) is 32.7 Å². The van der Waals surface area contributed by atoms with Crippen LogP contribution in [0.3, 0.4) is 0 Å². The van der Waals surface area contributed by atoms with Gasteiger partial charge in [0.2, 0.25) is 0 Å². The number of benzene rings is 1. The van der Waals surface area contributed by atoms with Crippen molar-refractivity contribution in [2.24, 2.45) is 5.73 Å². The monoisotopic (exact) mass is 304 g/mol. The van der Waals surface area contributed by atoms with Crippen LogP contribution in [-0.2, 0) is 6.42 Å². The summed E-state index contributed by atoms with van der Waals surface area (Å²) in [7, 11) is 0. The number of rotatable bonds is 5. The van der Waals surface area contributed by atoms with E-state index in [9.17, 15) is 9.18 Å². The molecule has 0 aliphatic carbocycles.